The second-order valence-electron chi connectivity index (χ2n) is 9.12. The highest BCUT2D eigenvalue weighted by Gasteiger charge is 2.53. The minimum atomic E-state index is -0.996. The Morgan fingerprint density at radius 3 is 2.48 bits per heavy atom. The number of halogens is 1. The Morgan fingerprint density at radius 1 is 1.15 bits per heavy atom. The summed E-state index contributed by atoms with van der Waals surface area (Å²) in [6.45, 7) is 9.76. The van der Waals surface area contributed by atoms with E-state index in [0.717, 1.165) is 25.6 Å². The van der Waals surface area contributed by atoms with Crippen molar-refractivity contribution in [2.75, 3.05) is 13.1 Å². The molecule has 1 saturated carbocycles. The average molecular weight is 376 g/mol. The Hall–Kier alpha value is -1.25. The third kappa shape index (κ3) is 3.71. The molecule has 1 aliphatic carbocycles. The molecule has 27 heavy (non-hydrogen) atoms. The molecule has 2 aliphatic heterocycles. The largest absolute Gasteiger partial charge is 0.525 e. The van der Waals surface area contributed by atoms with Gasteiger partial charge in [-0.15, -0.1) is 5.10 Å². The highest BCUT2D eigenvalue weighted by atomic mass is 19.1. The minimum absolute atomic E-state index is 0.320. The molecule has 6 nitrogen and oxygen atoms in total. The van der Waals surface area contributed by atoms with E-state index < -0.39 is 24.0 Å². The number of likely N-dealkylation sites (tertiary alicyclic amines) is 1. The van der Waals surface area contributed by atoms with E-state index in [-0.39, 0.29) is 0 Å². The van der Waals surface area contributed by atoms with Crippen molar-refractivity contribution in [2.24, 2.45) is 0 Å². The molecule has 0 radical (unpaired) electrons. The molecule has 0 bridgehead atoms. The molecule has 1 atom stereocenters. The van der Waals surface area contributed by atoms with Crippen molar-refractivity contribution in [3.8, 4) is 0 Å². The first kappa shape index (κ1) is 19.1. The van der Waals surface area contributed by atoms with Crippen molar-refractivity contribution >= 4 is 13.2 Å². The van der Waals surface area contributed by atoms with Gasteiger partial charge in [0.2, 0.25) is 0 Å². The Morgan fingerprint density at radius 2 is 1.81 bits per heavy atom. The third-order valence-corrected chi connectivity index (χ3v) is 6.70. The molecule has 0 N–H and O–H groups in total. The van der Waals surface area contributed by atoms with Crippen LogP contribution in [0.25, 0.3) is 6.08 Å². The van der Waals surface area contributed by atoms with E-state index in [9.17, 15) is 4.39 Å². The lowest BCUT2D eigenvalue weighted by molar-refractivity contribution is 0.00578. The lowest BCUT2D eigenvalue weighted by Gasteiger charge is -2.32. The zero-order chi connectivity index (χ0) is 19.2. The molecule has 8 heteroatoms. The van der Waals surface area contributed by atoms with Crippen LogP contribution in [-0.4, -0.2) is 57.3 Å². The number of rotatable bonds is 4. The summed E-state index contributed by atoms with van der Waals surface area (Å²) in [6.07, 6.45) is 9.60. The van der Waals surface area contributed by atoms with Gasteiger partial charge in [0.1, 0.15) is 11.4 Å². The summed E-state index contributed by atoms with van der Waals surface area (Å²) in [7, 11) is -0.996. The van der Waals surface area contributed by atoms with Gasteiger partial charge in [-0.3, -0.25) is 4.90 Å². The second kappa shape index (κ2) is 6.97. The minimum Gasteiger partial charge on any atom is -0.398 e. The van der Waals surface area contributed by atoms with Gasteiger partial charge in [0, 0.05) is 19.1 Å². The van der Waals surface area contributed by atoms with Crippen molar-refractivity contribution in [3.05, 3.63) is 17.6 Å². The molecule has 1 aromatic heterocycles. The van der Waals surface area contributed by atoms with Gasteiger partial charge >= 0.3 is 7.12 Å². The Balaban J connectivity index is 1.40. The summed E-state index contributed by atoms with van der Waals surface area (Å²) >= 11 is 0. The van der Waals surface area contributed by atoms with Crippen LogP contribution in [0.5, 0.6) is 0 Å². The maximum atomic E-state index is 14.7. The first-order valence-corrected chi connectivity index (χ1v) is 10.1. The fraction of sp³-hybridized carbons (Fsp3) is 0.789. The van der Waals surface area contributed by atoms with Crippen molar-refractivity contribution < 1.29 is 13.7 Å². The molecule has 1 unspecified atom stereocenters. The van der Waals surface area contributed by atoms with Crippen LogP contribution in [0.1, 0.15) is 71.5 Å². The van der Waals surface area contributed by atoms with Gasteiger partial charge < -0.3 is 9.31 Å². The molecule has 0 amide bonds. The second-order valence-corrected chi connectivity index (χ2v) is 9.12. The van der Waals surface area contributed by atoms with Gasteiger partial charge in [0.25, 0.3) is 0 Å². The molecular formula is C19H30BFN4O2. The standard InChI is InChI=1S/C19H30BFN4O2/c1-18(2)19(3,4)27-20(26-18)17(21)11-14-12-25(23-22-14)16-9-10-24(13-16)15-7-5-6-8-15/h11-12,15-16H,5-10,13H2,1-4H3. The molecule has 3 heterocycles. The van der Waals surface area contributed by atoms with Crippen molar-refractivity contribution in [1.82, 2.24) is 19.9 Å². The van der Waals surface area contributed by atoms with Gasteiger partial charge in [-0.25, -0.2) is 9.07 Å². The average Bonchev–Trinajstić information content (AvgIpc) is 3.34. The van der Waals surface area contributed by atoms with Crippen LogP contribution in [0.4, 0.5) is 4.39 Å². The normalized spacial score (nSPS) is 29.1. The Labute approximate surface area is 161 Å². The Bertz CT molecular complexity index is 698. The fourth-order valence-corrected chi connectivity index (χ4v) is 4.29. The summed E-state index contributed by atoms with van der Waals surface area (Å²) < 4.78 is 28.0. The molecule has 0 aromatic carbocycles. The van der Waals surface area contributed by atoms with E-state index in [1.54, 1.807) is 0 Å². The molecule has 3 fully saturated rings. The van der Waals surface area contributed by atoms with Crippen LogP contribution in [0.2, 0.25) is 0 Å². The number of hydrogen-bond donors (Lipinski definition) is 0. The van der Waals surface area contributed by atoms with E-state index in [1.165, 1.54) is 31.8 Å². The third-order valence-electron chi connectivity index (χ3n) is 6.70. The summed E-state index contributed by atoms with van der Waals surface area (Å²) in [5, 5.41) is 8.38. The first-order valence-electron chi connectivity index (χ1n) is 10.1. The van der Waals surface area contributed by atoms with Crippen molar-refractivity contribution in [2.45, 2.75) is 83.1 Å². The van der Waals surface area contributed by atoms with Crippen molar-refractivity contribution in [3.63, 3.8) is 0 Å². The topological polar surface area (TPSA) is 52.4 Å². The molecule has 1 aromatic rings. The Kier molecular flexibility index (Phi) is 4.93. The molecular weight excluding hydrogens is 346 g/mol. The summed E-state index contributed by atoms with van der Waals surface area (Å²) in [5.41, 5.74) is -1.09. The monoisotopic (exact) mass is 376 g/mol. The zero-order valence-corrected chi connectivity index (χ0v) is 16.8. The number of hydrogen-bond acceptors (Lipinski definition) is 5. The van der Waals surface area contributed by atoms with Crippen LogP contribution < -0.4 is 0 Å². The lowest BCUT2D eigenvalue weighted by Crippen LogP contribution is -2.41. The summed E-state index contributed by atoms with van der Waals surface area (Å²) in [4.78, 5) is 2.58. The smallest absolute Gasteiger partial charge is 0.398 e. The number of aromatic nitrogens is 3. The van der Waals surface area contributed by atoms with E-state index in [2.05, 4.69) is 15.2 Å². The summed E-state index contributed by atoms with van der Waals surface area (Å²) in [6, 6.07) is 1.05. The van der Waals surface area contributed by atoms with Gasteiger partial charge in [-0.1, -0.05) is 18.1 Å². The van der Waals surface area contributed by atoms with Gasteiger partial charge in [0.05, 0.1) is 23.4 Å². The van der Waals surface area contributed by atoms with E-state index >= 15 is 0 Å². The van der Waals surface area contributed by atoms with Crippen LogP contribution in [0.15, 0.2) is 11.9 Å². The van der Waals surface area contributed by atoms with E-state index in [4.69, 9.17) is 9.31 Å². The molecule has 148 valence electrons. The fourth-order valence-electron chi connectivity index (χ4n) is 4.29. The molecule has 4 rings (SSSR count). The van der Waals surface area contributed by atoms with Crippen LogP contribution in [0, 0.1) is 0 Å². The SMILES string of the molecule is CC1(C)OB(C(F)=Cc2cn(C3CCN(C4CCCC4)C3)nn2)OC1(C)C. The maximum Gasteiger partial charge on any atom is 0.525 e. The van der Waals surface area contributed by atoms with E-state index in [1.807, 2.05) is 38.6 Å². The van der Waals surface area contributed by atoms with Gasteiger partial charge in [-0.2, -0.15) is 0 Å². The highest BCUT2D eigenvalue weighted by Crippen LogP contribution is 2.39. The molecule has 2 saturated heterocycles. The molecule has 0 spiro atoms. The first-order chi connectivity index (χ1) is 12.7. The van der Waals surface area contributed by atoms with Crippen molar-refractivity contribution in [1.29, 1.82) is 0 Å². The van der Waals surface area contributed by atoms with E-state index in [0.29, 0.717) is 11.7 Å². The molecule has 3 aliphatic rings. The maximum absolute atomic E-state index is 14.7. The van der Waals surface area contributed by atoms with Gasteiger partial charge in [-0.05, 0) is 53.0 Å². The summed E-state index contributed by atoms with van der Waals surface area (Å²) in [5.74, 6) is 0. The van der Waals surface area contributed by atoms with Crippen LogP contribution in [0.3, 0.4) is 0 Å². The predicted molar refractivity (Wildman–Crippen MR) is 103 cm³/mol. The van der Waals surface area contributed by atoms with Crippen LogP contribution >= 0.6 is 0 Å². The lowest BCUT2D eigenvalue weighted by atomic mass is 9.87. The van der Waals surface area contributed by atoms with Crippen LogP contribution in [-0.2, 0) is 9.31 Å². The van der Waals surface area contributed by atoms with Gasteiger partial charge in [0.15, 0.2) is 0 Å². The highest BCUT2D eigenvalue weighted by molar-refractivity contribution is 6.54. The predicted octanol–water partition coefficient (Wildman–Crippen LogP) is 3.41. The quantitative estimate of drug-likeness (QED) is 0.754. The number of nitrogens with zero attached hydrogens (tertiary/aromatic N) is 4. The zero-order valence-electron chi connectivity index (χ0n) is 16.8.